The summed E-state index contributed by atoms with van der Waals surface area (Å²) in [5.74, 6) is 1.06. The number of nitrogens with one attached hydrogen (secondary N) is 2. The molecule has 0 bridgehead atoms. The van der Waals surface area contributed by atoms with Gasteiger partial charge in [0, 0.05) is 13.8 Å². The van der Waals surface area contributed by atoms with Gasteiger partial charge in [-0.05, 0) is 0 Å². The number of hydrogen-bond acceptors (Lipinski definition) is 4. The molecule has 0 aliphatic heterocycles. The topological polar surface area (TPSA) is 58.2 Å². The van der Waals surface area contributed by atoms with Gasteiger partial charge >= 0.3 is 0 Å². The van der Waals surface area contributed by atoms with E-state index in [1.54, 1.807) is 0 Å². The Bertz CT molecular complexity index is 146. The van der Waals surface area contributed by atoms with Crippen LogP contribution in [-0.4, -0.2) is 23.6 Å². The van der Waals surface area contributed by atoms with Crippen LogP contribution in [0.2, 0.25) is 0 Å². The molecule has 12 heavy (non-hydrogen) atoms. The minimum atomic E-state index is -0.0392. The van der Waals surface area contributed by atoms with Gasteiger partial charge in [-0.1, -0.05) is 21.6 Å². The molecule has 70 valence electrons. The van der Waals surface area contributed by atoms with Crippen LogP contribution in [0.15, 0.2) is 0 Å². The zero-order valence-corrected chi connectivity index (χ0v) is 8.68. The van der Waals surface area contributed by atoms with Crippen LogP contribution in [-0.2, 0) is 9.59 Å². The van der Waals surface area contributed by atoms with Crippen LogP contribution in [0.4, 0.5) is 0 Å². The van der Waals surface area contributed by atoms with E-state index < -0.39 is 0 Å². The summed E-state index contributed by atoms with van der Waals surface area (Å²) in [4.78, 5) is 20.8. The van der Waals surface area contributed by atoms with Crippen molar-refractivity contribution in [3.05, 3.63) is 0 Å². The number of amides is 2. The fourth-order valence-electron chi connectivity index (χ4n) is 0.346. The van der Waals surface area contributed by atoms with Gasteiger partial charge in [0.25, 0.3) is 0 Å². The first-order chi connectivity index (χ1) is 5.63. The van der Waals surface area contributed by atoms with Crippen molar-refractivity contribution in [2.45, 2.75) is 13.8 Å². The van der Waals surface area contributed by atoms with Crippen molar-refractivity contribution in [2.75, 3.05) is 11.8 Å². The molecule has 0 radical (unpaired) electrons. The van der Waals surface area contributed by atoms with E-state index in [1.807, 2.05) is 0 Å². The van der Waals surface area contributed by atoms with Crippen molar-refractivity contribution < 1.29 is 9.59 Å². The predicted octanol–water partition coefficient (Wildman–Crippen LogP) is 0.555. The second kappa shape index (κ2) is 7.30. The first-order valence-corrected chi connectivity index (χ1v) is 5.85. The number of carbonyl (C=O) groups excluding carboxylic acids is 2. The van der Waals surface area contributed by atoms with Gasteiger partial charge < -0.3 is 10.6 Å². The SMILES string of the molecule is CC(=O)NCSSCNC(C)=O. The van der Waals surface area contributed by atoms with Crippen LogP contribution in [0.5, 0.6) is 0 Å². The number of hydrogen-bond donors (Lipinski definition) is 2. The third-order valence-electron chi connectivity index (χ3n) is 0.843. The fraction of sp³-hybridized carbons (Fsp3) is 0.667. The second-order valence-electron chi connectivity index (χ2n) is 1.99. The quantitative estimate of drug-likeness (QED) is 0.394. The van der Waals surface area contributed by atoms with E-state index in [0.29, 0.717) is 11.8 Å². The lowest BCUT2D eigenvalue weighted by molar-refractivity contribution is -0.119. The molecular weight excluding hydrogens is 196 g/mol. The molecule has 0 saturated heterocycles. The van der Waals surface area contributed by atoms with Gasteiger partial charge in [-0.2, -0.15) is 0 Å². The van der Waals surface area contributed by atoms with E-state index in [4.69, 9.17) is 0 Å². The second-order valence-corrected chi connectivity index (χ2v) is 4.45. The molecular formula is C6H12N2O2S2. The summed E-state index contributed by atoms with van der Waals surface area (Å²) in [7, 11) is 2.99. The maximum absolute atomic E-state index is 10.4. The van der Waals surface area contributed by atoms with Crippen molar-refractivity contribution in [3.8, 4) is 0 Å². The zero-order valence-electron chi connectivity index (χ0n) is 7.05. The van der Waals surface area contributed by atoms with Gasteiger partial charge in [0.2, 0.25) is 11.8 Å². The summed E-state index contributed by atoms with van der Waals surface area (Å²) in [6.07, 6.45) is 0. The highest BCUT2D eigenvalue weighted by atomic mass is 33.1. The van der Waals surface area contributed by atoms with Crippen LogP contribution in [0, 0.1) is 0 Å². The smallest absolute Gasteiger partial charge is 0.217 e. The van der Waals surface area contributed by atoms with Crippen molar-refractivity contribution in [1.82, 2.24) is 10.6 Å². The number of carbonyl (C=O) groups is 2. The van der Waals surface area contributed by atoms with E-state index in [1.165, 1.54) is 35.4 Å². The minimum Gasteiger partial charge on any atom is -0.346 e. The molecule has 0 rings (SSSR count). The Morgan fingerprint density at radius 3 is 1.58 bits per heavy atom. The van der Waals surface area contributed by atoms with Crippen LogP contribution >= 0.6 is 21.6 Å². The normalized spacial score (nSPS) is 9.17. The van der Waals surface area contributed by atoms with E-state index in [-0.39, 0.29) is 11.8 Å². The van der Waals surface area contributed by atoms with Gasteiger partial charge in [-0.25, -0.2) is 0 Å². The lowest BCUT2D eigenvalue weighted by atomic mass is 10.7. The molecule has 0 unspecified atom stereocenters. The van der Waals surface area contributed by atoms with Gasteiger partial charge in [0.1, 0.15) is 0 Å². The Kier molecular flexibility index (Phi) is 7.08. The molecule has 2 N–H and O–H groups in total. The van der Waals surface area contributed by atoms with Crippen molar-refractivity contribution in [2.24, 2.45) is 0 Å². The zero-order chi connectivity index (χ0) is 9.40. The maximum atomic E-state index is 10.4. The van der Waals surface area contributed by atoms with Crippen LogP contribution in [0.1, 0.15) is 13.8 Å². The first kappa shape index (κ1) is 11.6. The first-order valence-electron chi connectivity index (χ1n) is 3.36. The standard InChI is InChI=1S/C6H12N2O2S2/c1-5(9)7-3-11-12-4-8-6(2)10/h3-4H2,1-2H3,(H,7,9)(H,8,10). The maximum Gasteiger partial charge on any atom is 0.217 e. The summed E-state index contributed by atoms with van der Waals surface area (Å²) in [5, 5.41) is 5.25. The monoisotopic (exact) mass is 208 g/mol. The van der Waals surface area contributed by atoms with Gasteiger partial charge in [-0.3, -0.25) is 9.59 Å². The summed E-state index contributed by atoms with van der Waals surface area (Å²) in [6.45, 7) is 2.94. The molecule has 0 atom stereocenters. The highest BCUT2D eigenvalue weighted by Crippen LogP contribution is 2.17. The van der Waals surface area contributed by atoms with E-state index >= 15 is 0 Å². The molecule has 0 aromatic rings. The average molecular weight is 208 g/mol. The fourth-order valence-corrected chi connectivity index (χ4v) is 1.89. The highest BCUT2D eigenvalue weighted by molar-refractivity contribution is 8.76. The van der Waals surface area contributed by atoms with Crippen LogP contribution in [0.25, 0.3) is 0 Å². The third-order valence-corrected chi connectivity index (χ3v) is 2.74. The highest BCUT2D eigenvalue weighted by Gasteiger charge is 1.92. The van der Waals surface area contributed by atoms with Crippen LogP contribution in [0.3, 0.4) is 0 Å². The molecule has 4 nitrogen and oxygen atoms in total. The average Bonchev–Trinajstić information content (AvgIpc) is 1.95. The van der Waals surface area contributed by atoms with Crippen LogP contribution < -0.4 is 10.6 Å². The summed E-state index contributed by atoms with van der Waals surface area (Å²) >= 11 is 0. The molecule has 0 saturated carbocycles. The Hall–Kier alpha value is -0.360. The van der Waals surface area contributed by atoms with Crippen molar-refractivity contribution in [3.63, 3.8) is 0 Å². The lowest BCUT2D eigenvalue weighted by Crippen LogP contribution is -2.20. The molecule has 0 aliphatic carbocycles. The van der Waals surface area contributed by atoms with E-state index in [2.05, 4.69) is 10.6 Å². The molecule has 0 heterocycles. The van der Waals surface area contributed by atoms with E-state index in [0.717, 1.165) is 0 Å². The predicted molar refractivity (Wildman–Crippen MR) is 52.5 cm³/mol. The Morgan fingerprint density at radius 1 is 1.00 bits per heavy atom. The molecule has 2 amide bonds. The summed E-state index contributed by atoms with van der Waals surface area (Å²) in [5.41, 5.74) is 0. The minimum absolute atomic E-state index is 0.0392. The number of rotatable bonds is 5. The molecule has 0 aromatic heterocycles. The molecule has 0 fully saturated rings. The molecule has 0 aliphatic rings. The van der Waals surface area contributed by atoms with Crippen molar-refractivity contribution in [1.29, 1.82) is 0 Å². The van der Waals surface area contributed by atoms with Gasteiger partial charge in [0.05, 0.1) is 11.8 Å². The Labute approximate surface area is 79.6 Å². The molecule has 0 spiro atoms. The summed E-state index contributed by atoms with van der Waals surface area (Å²) in [6, 6.07) is 0. The molecule has 0 aromatic carbocycles. The van der Waals surface area contributed by atoms with Gasteiger partial charge in [0.15, 0.2) is 0 Å². The van der Waals surface area contributed by atoms with Crippen molar-refractivity contribution >= 4 is 33.4 Å². The summed E-state index contributed by atoms with van der Waals surface area (Å²) < 4.78 is 0. The van der Waals surface area contributed by atoms with Gasteiger partial charge in [-0.15, -0.1) is 0 Å². The lowest BCUT2D eigenvalue weighted by Gasteiger charge is -2.01. The molecule has 6 heteroatoms. The Balaban J connectivity index is 3.01. The third kappa shape index (κ3) is 9.64. The largest absolute Gasteiger partial charge is 0.346 e. The Morgan fingerprint density at radius 2 is 1.33 bits per heavy atom. The van der Waals surface area contributed by atoms with E-state index in [9.17, 15) is 9.59 Å².